The molecule has 9 heteroatoms. The minimum Gasteiger partial charge on any atom is -0.370 e. The Labute approximate surface area is 174 Å². The number of rotatable bonds is 7. The van der Waals surface area contributed by atoms with Gasteiger partial charge in [-0.15, -0.1) is 0 Å². The normalized spacial score (nSPS) is 12.8. The van der Waals surface area contributed by atoms with Gasteiger partial charge in [0.1, 0.15) is 11.8 Å². The van der Waals surface area contributed by atoms with E-state index in [1.807, 2.05) is 30.3 Å². The van der Waals surface area contributed by atoms with Crippen LogP contribution in [0.15, 0.2) is 46.3 Å². The fraction of sp³-hybridized carbons (Fsp3) is 0.381. The van der Waals surface area contributed by atoms with Gasteiger partial charge in [-0.05, 0) is 23.8 Å². The van der Waals surface area contributed by atoms with Gasteiger partial charge in [-0.3, -0.25) is 9.56 Å². The van der Waals surface area contributed by atoms with Crippen LogP contribution in [-0.2, 0) is 12.0 Å². The Balaban J connectivity index is 1.70. The van der Waals surface area contributed by atoms with Crippen LogP contribution in [0.1, 0.15) is 32.0 Å². The number of aromatic nitrogens is 3. The van der Waals surface area contributed by atoms with Crippen LogP contribution in [-0.4, -0.2) is 39.8 Å². The molecule has 0 saturated heterocycles. The summed E-state index contributed by atoms with van der Waals surface area (Å²) in [7, 11) is 0. The number of benzene rings is 1. The average Bonchev–Trinajstić information content (AvgIpc) is 3.10. The van der Waals surface area contributed by atoms with Crippen molar-refractivity contribution in [3.8, 4) is 5.69 Å². The van der Waals surface area contributed by atoms with E-state index in [9.17, 15) is 9.18 Å². The number of hydrogen-bond acceptors (Lipinski definition) is 4. The van der Waals surface area contributed by atoms with Crippen LogP contribution in [0, 0.1) is 0 Å². The van der Waals surface area contributed by atoms with Crippen LogP contribution in [0.3, 0.4) is 0 Å². The molecule has 2 heterocycles. The number of H-pyrrole nitrogens is 1. The first-order chi connectivity index (χ1) is 14.1. The molecular weight excluding hydrogens is 385 g/mol. The van der Waals surface area contributed by atoms with E-state index in [4.69, 9.17) is 11.5 Å². The van der Waals surface area contributed by atoms with Gasteiger partial charge in [0.05, 0.1) is 12.2 Å². The second-order valence-corrected chi connectivity index (χ2v) is 8.29. The summed E-state index contributed by atoms with van der Waals surface area (Å²) in [6.07, 6.45) is 0.628. The third-order valence-electron chi connectivity index (χ3n) is 4.70. The first-order valence-electron chi connectivity index (χ1n) is 9.76. The molecule has 0 fully saturated rings. The monoisotopic (exact) mass is 413 g/mol. The van der Waals surface area contributed by atoms with Crippen molar-refractivity contribution in [2.75, 3.05) is 13.1 Å². The van der Waals surface area contributed by atoms with E-state index < -0.39 is 6.17 Å². The Morgan fingerprint density at radius 1 is 1.30 bits per heavy atom. The lowest BCUT2D eigenvalue weighted by atomic mass is 9.92. The molecule has 0 spiro atoms. The molecule has 30 heavy (non-hydrogen) atoms. The number of halogens is 1. The zero-order valence-electron chi connectivity index (χ0n) is 17.4. The van der Waals surface area contributed by atoms with Crippen LogP contribution in [0.4, 0.5) is 4.39 Å². The Morgan fingerprint density at radius 2 is 2.00 bits per heavy atom. The van der Waals surface area contributed by atoms with Gasteiger partial charge in [0, 0.05) is 35.8 Å². The molecule has 0 aliphatic rings. The highest BCUT2D eigenvalue weighted by Crippen LogP contribution is 2.24. The van der Waals surface area contributed by atoms with Gasteiger partial charge in [0.2, 0.25) is 0 Å². The molecule has 1 atom stereocenters. The van der Waals surface area contributed by atoms with Crippen molar-refractivity contribution in [3.63, 3.8) is 0 Å². The molecule has 6 N–H and O–H groups in total. The average molecular weight is 414 g/mol. The summed E-state index contributed by atoms with van der Waals surface area (Å²) in [5.74, 6) is -0.120. The smallest absolute Gasteiger partial charge is 0.354 e. The molecule has 0 radical (unpaired) electrons. The quantitative estimate of drug-likeness (QED) is 0.346. The topological polar surface area (TPSA) is 127 Å². The van der Waals surface area contributed by atoms with Crippen LogP contribution in [0.25, 0.3) is 16.7 Å². The van der Waals surface area contributed by atoms with Crippen molar-refractivity contribution < 1.29 is 4.39 Å². The second kappa shape index (κ2) is 8.66. The minimum atomic E-state index is -1.16. The molecule has 160 valence electrons. The van der Waals surface area contributed by atoms with Crippen molar-refractivity contribution in [3.05, 3.63) is 58.3 Å². The zero-order chi connectivity index (χ0) is 21.9. The summed E-state index contributed by atoms with van der Waals surface area (Å²) in [4.78, 5) is 23.5. The number of nitrogens with two attached hydrogens (primary N) is 2. The molecule has 1 aromatic carbocycles. The van der Waals surface area contributed by atoms with Crippen LogP contribution >= 0.6 is 0 Å². The lowest BCUT2D eigenvalue weighted by molar-refractivity contribution is 0.327. The van der Waals surface area contributed by atoms with E-state index in [1.54, 1.807) is 6.20 Å². The maximum Gasteiger partial charge on any atom is 0.354 e. The molecule has 3 aromatic rings. The Bertz CT molecular complexity index is 1090. The van der Waals surface area contributed by atoms with Crippen molar-refractivity contribution in [1.82, 2.24) is 19.9 Å². The number of alkyl halides is 1. The summed E-state index contributed by atoms with van der Waals surface area (Å²) in [6, 6.07) is 9.48. The van der Waals surface area contributed by atoms with E-state index >= 15 is 0 Å². The lowest BCUT2D eigenvalue weighted by Gasteiger charge is -2.15. The molecule has 2 aromatic heterocycles. The molecular formula is C21H28FN7O. The summed E-state index contributed by atoms with van der Waals surface area (Å²) in [5.41, 5.74) is 13.3. The number of guanidine groups is 1. The van der Waals surface area contributed by atoms with Crippen molar-refractivity contribution in [2.45, 2.75) is 38.9 Å². The molecule has 0 aliphatic carbocycles. The predicted octanol–water partition coefficient (Wildman–Crippen LogP) is 1.71. The standard InChI is InChI=1S/C21H28FN7O/c1-21(2,3)17-8-14-12-29(20(30)28-18(14)27-17)16-6-4-13(5-7-16)9-25-10-15(22)11-26-19(23)24/h4-8,12,15,25H,9-11H2,1-3H3,(H4,23,24,26)(H,27,28,30)/t15-/m1/s1. The fourth-order valence-electron chi connectivity index (χ4n) is 3.00. The first-order valence-corrected chi connectivity index (χ1v) is 9.76. The van der Waals surface area contributed by atoms with Crippen LogP contribution < -0.4 is 22.5 Å². The van der Waals surface area contributed by atoms with Gasteiger partial charge in [-0.25, -0.2) is 9.18 Å². The summed E-state index contributed by atoms with van der Waals surface area (Å²) in [5, 5.41) is 3.90. The molecule has 0 bridgehead atoms. The van der Waals surface area contributed by atoms with Crippen LogP contribution in [0.2, 0.25) is 0 Å². The van der Waals surface area contributed by atoms with Crippen LogP contribution in [0.5, 0.6) is 0 Å². The summed E-state index contributed by atoms with van der Waals surface area (Å²) >= 11 is 0. The minimum absolute atomic E-state index is 0.0644. The number of fused-ring (bicyclic) bond motifs is 1. The number of aromatic amines is 1. The lowest BCUT2D eigenvalue weighted by Crippen LogP contribution is -2.28. The van der Waals surface area contributed by atoms with Crippen molar-refractivity contribution in [2.24, 2.45) is 16.5 Å². The molecule has 0 saturated carbocycles. The molecule has 8 nitrogen and oxygen atoms in total. The van der Waals surface area contributed by atoms with Gasteiger partial charge in [-0.1, -0.05) is 32.9 Å². The van der Waals surface area contributed by atoms with Crippen molar-refractivity contribution >= 4 is 17.0 Å². The van der Waals surface area contributed by atoms with Gasteiger partial charge in [-0.2, -0.15) is 4.98 Å². The van der Waals surface area contributed by atoms with Gasteiger partial charge in [0.25, 0.3) is 0 Å². The highest BCUT2D eigenvalue weighted by atomic mass is 19.1. The number of aliphatic imine (C=N–C) groups is 1. The van der Waals surface area contributed by atoms with E-state index in [2.05, 4.69) is 41.0 Å². The molecule has 0 unspecified atom stereocenters. The fourth-order valence-corrected chi connectivity index (χ4v) is 3.00. The van der Waals surface area contributed by atoms with E-state index in [0.29, 0.717) is 17.9 Å². The first kappa shape index (κ1) is 21.5. The maximum absolute atomic E-state index is 13.7. The number of nitrogens with zero attached hydrogens (tertiary/aromatic N) is 3. The number of nitrogens with one attached hydrogen (secondary N) is 2. The Hall–Kier alpha value is -3.20. The largest absolute Gasteiger partial charge is 0.370 e. The third kappa shape index (κ3) is 5.24. The molecule has 0 amide bonds. The Kier molecular flexibility index (Phi) is 6.21. The maximum atomic E-state index is 13.7. The number of hydrogen-bond donors (Lipinski definition) is 4. The van der Waals surface area contributed by atoms with Gasteiger partial charge >= 0.3 is 5.69 Å². The second-order valence-electron chi connectivity index (χ2n) is 8.29. The summed E-state index contributed by atoms with van der Waals surface area (Å²) < 4.78 is 15.2. The van der Waals surface area contributed by atoms with E-state index in [-0.39, 0.29) is 30.2 Å². The van der Waals surface area contributed by atoms with E-state index in [1.165, 1.54) is 4.57 Å². The molecule has 3 rings (SSSR count). The van der Waals surface area contributed by atoms with Gasteiger partial charge < -0.3 is 21.8 Å². The highest BCUT2D eigenvalue weighted by Gasteiger charge is 2.17. The predicted molar refractivity (Wildman–Crippen MR) is 118 cm³/mol. The molecule has 0 aliphatic heterocycles. The zero-order valence-corrected chi connectivity index (χ0v) is 17.4. The SMILES string of the molecule is CC(C)(C)c1cc2cn(-c3ccc(CNC[C@@H](F)CN=C(N)N)cc3)c(=O)nc2[nH]1. The van der Waals surface area contributed by atoms with Gasteiger partial charge in [0.15, 0.2) is 5.96 Å². The highest BCUT2D eigenvalue weighted by molar-refractivity contribution is 5.76. The third-order valence-corrected chi connectivity index (χ3v) is 4.70. The Morgan fingerprint density at radius 3 is 2.63 bits per heavy atom. The van der Waals surface area contributed by atoms with E-state index in [0.717, 1.165) is 16.6 Å². The van der Waals surface area contributed by atoms with Crippen molar-refractivity contribution in [1.29, 1.82) is 0 Å². The summed E-state index contributed by atoms with van der Waals surface area (Å²) in [6.45, 7) is 6.86.